The number of β-amino-alcohol motifs (C(OH)–C–C–N with tert-alkyl or cyclic N) is 1. The van der Waals surface area contributed by atoms with E-state index in [0.29, 0.717) is 37.4 Å². The van der Waals surface area contributed by atoms with E-state index in [1.54, 1.807) is 17.0 Å². The maximum atomic E-state index is 13.3. The predicted octanol–water partition coefficient (Wildman–Crippen LogP) is 2.35. The Morgan fingerprint density at radius 3 is 2.72 bits per heavy atom. The van der Waals surface area contributed by atoms with Crippen LogP contribution in [0.4, 0.5) is 0 Å². The predicted molar refractivity (Wildman–Crippen MR) is 108 cm³/mol. The van der Waals surface area contributed by atoms with Crippen LogP contribution in [-0.4, -0.2) is 46.3 Å². The average molecular weight is 396 g/mol. The van der Waals surface area contributed by atoms with Gasteiger partial charge in [0.25, 0.3) is 0 Å². The van der Waals surface area contributed by atoms with Crippen molar-refractivity contribution < 1.29 is 14.4 Å². The Balaban J connectivity index is 1.65. The Morgan fingerprint density at radius 2 is 2.14 bits per heavy atom. The van der Waals surface area contributed by atoms with E-state index in [0.717, 1.165) is 11.3 Å². The minimum atomic E-state index is -0.523. The summed E-state index contributed by atoms with van der Waals surface area (Å²) < 4.78 is 5.39. The molecule has 0 saturated carbocycles. The van der Waals surface area contributed by atoms with Crippen molar-refractivity contribution in [2.45, 2.75) is 51.8 Å². The van der Waals surface area contributed by atoms with E-state index in [1.807, 2.05) is 39.0 Å². The van der Waals surface area contributed by atoms with Crippen molar-refractivity contribution in [2.75, 3.05) is 13.1 Å². The average Bonchev–Trinajstić information content (AvgIpc) is 3.27. The van der Waals surface area contributed by atoms with Gasteiger partial charge in [-0.15, -0.1) is 0 Å². The van der Waals surface area contributed by atoms with E-state index in [2.05, 4.69) is 16.5 Å². The number of aromatic nitrogens is 1. The number of amides is 1. The lowest BCUT2D eigenvalue weighted by atomic mass is 9.91. The van der Waals surface area contributed by atoms with Crippen LogP contribution in [0.3, 0.4) is 0 Å². The molecule has 29 heavy (non-hydrogen) atoms. The zero-order valence-corrected chi connectivity index (χ0v) is 17.1. The molecule has 1 amide bonds. The molecule has 0 aliphatic carbocycles. The highest BCUT2D eigenvalue weighted by Gasteiger charge is 2.39. The van der Waals surface area contributed by atoms with Crippen molar-refractivity contribution in [3.8, 4) is 6.07 Å². The summed E-state index contributed by atoms with van der Waals surface area (Å²) in [6.07, 6.45) is 0.0248. The number of rotatable bonds is 7. The molecule has 3 unspecified atom stereocenters. The summed E-state index contributed by atoms with van der Waals surface area (Å²) in [4.78, 5) is 15.1. The number of nitriles is 1. The zero-order valence-electron chi connectivity index (χ0n) is 17.1. The summed E-state index contributed by atoms with van der Waals surface area (Å²) in [7, 11) is 0. The molecule has 154 valence electrons. The van der Waals surface area contributed by atoms with Crippen molar-refractivity contribution in [1.82, 2.24) is 15.4 Å². The SMILES string of the molecule is Cc1cc(C(C(=O)N2CC(O)CC2CNCc2ccc(C#N)cc2)C(C)C)on1. The molecule has 3 rings (SSSR count). The van der Waals surface area contributed by atoms with Gasteiger partial charge in [0.1, 0.15) is 11.7 Å². The van der Waals surface area contributed by atoms with Gasteiger partial charge in [0.05, 0.1) is 23.4 Å². The molecule has 1 aromatic heterocycles. The minimum absolute atomic E-state index is 0.0297. The van der Waals surface area contributed by atoms with E-state index < -0.39 is 12.0 Å². The van der Waals surface area contributed by atoms with Crippen LogP contribution in [0.15, 0.2) is 34.9 Å². The topological polar surface area (TPSA) is 102 Å². The Kier molecular flexibility index (Phi) is 6.68. The van der Waals surface area contributed by atoms with Crippen molar-refractivity contribution in [1.29, 1.82) is 5.26 Å². The first-order valence-electron chi connectivity index (χ1n) is 10.0. The van der Waals surface area contributed by atoms with Gasteiger partial charge in [0.2, 0.25) is 5.91 Å². The number of nitrogens with zero attached hydrogens (tertiary/aromatic N) is 3. The zero-order chi connectivity index (χ0) is 21.0. The van der Waals surface area contributed by atoms with Gasteiger partial charge in [0.15, 0.2) is 0 Å². The summed E-state index contributed by atoms with van der Waals surface area (Å²) in [5.74, 6) is 0.188. The second-order valence-electron chi connectivity index (χ2n) is 8.07. The van der Waals surface area contributed by atoms with Gasteiger partial charge in [-0.25, -0.2) is 0 Å². The molecule has 2 aromatic rings. The number of benzene rings is 1. The molecule has 0 bridgehead atoms. The Labute approximate surface area is 171 Å². The lowest BCUT2D eigenvalue weighted by Crippen LogP contribution is -2.44. The normalized spacial score (nSPS) is 20.1. The number of aliphatic hydroxyl groups excluding tert-OH is 1. The number of aliphatic hydroxyl groups is 1. The van der Waals surface area contributed by atoms with Crippen LogP contribution < -0.4 is 5.32 Å². The number of carbonyl (C=O) groups excluding carboxylic acids is 1. The molecular weight excluding hydrogens is 368 g/mol. The molecule has 1 fully saturated rings. The lowest BCUT2D eigenvalue weighted by molar-refractivity contribution is -0.135. The van der Waals surface area contributed by atoms with Crippen LogP contribution in [0.1, 0.15) is 48.8 Å². The summed E-state index contributed by atoms with van der Waals surface area (Å²) in [6, 6.07) is 11.3. The van der Waals surface area contributed by atoms with E-state index >= 15 is 0 Å². The van der Waals surface area contributed by atoms with Crippen molar-refractivity contribution in [3.05, 3.63) is 52.9 Å². The first-order chi connectivity index (χ1) is 13.9. The first-order valence-corrected chi connectivity index (χ1v) is 10.0. The molecule has 3 atom stereocenters. The van der Waals surface area contributed by atoms with E-state index in [9.17, 15) is 9.90 Å². The van der Waals surface area contributed by atoms with Gasteiger partial charge in [-0.1, -0.05) is 31.1 Å². The van der Waals surface area contributed by atoms with Gasteiger partial charge in [-0.2, -0.15) is 5.26 Å². The number of nitrogens with one attached hydrogen (secondary N) is 1. The Morgan fingerprint density at radius 1 is 1.41 bits per heavy atom. The third-order valence-electron chi connectivity index (χ3n) is 5.35. The first kappa shape index (κ1) is 21.0. The number of hydrogen-bond acceptors (Lipinski definition) is 6. The Bertz CT molecular complexity index is 869. The van der Waals surface area contributed by atoms with E-state index in [4.69, 9.17) is 9.78 Å². The second kappa shape index (κ2) is 9.21. The molecule has 0 radical (unpaired) electrons. The Hall–Kier alpha value is -2.69. The van der Waals surface area contributed by atoms with Gasteiger partial charge in [-0.05, 0) is 37.0 Å². The van der Waals surface area contributed by atoms with Crippen molar-refractivity contribution >= 4 is 5.91 Å². The molecule has 7 heteroatoms. The summed E-state index contributed by atoms with van der Waals surface area (Å²) >= 11 is 0. The fraction of sp³-hybridized carbons (Fsp3) is 0.500. The smallest absolute Gasteiger partial charge is 0.234 e. The lowest BCUT2D eigenvalue weighted by Gasteiger charge is -2.29. The summed E-state index contributed by atoms with van der Waals surface area (Å²) in [5.41, 5.74) is 2.45. The number of carbonyl (C=O) groups is 1. The molecule has 1 aromatic carbocycles. The third-order valence-corrected chi connectivity index (χ3v) is 5.35. The highest BCUT2D eigenvalue weighted by Crippen LogP contribution is 2.30. The van der Waals surface area contributed by atoms with Crippen molar-refractivity contribution in [2.24, 2.45) is 5.92 Å². The molecule has 1 aliphatic heterocycles. The molecule has 7 nitrogen and oxygen atoms in total. The van der Waals surface area contributed by atoms with Crippen LogP contribution in [0, 0.1) is 24.2 Å². The fourth-order valence-electron chi connectivity index (χ4n) is 3.88. The molecule has 1 saturated heterocycles. The minimum Gasteiger partial charge on any atom is -0.391 e. The third kappa shape index (κ3) is 5.03. The molecule has 2 heterocycles. The largest absolute Gasteiger partial charge is 0.391 e. The van der Waals surface area contributed by atoms with Crippen LogP contribution >= 0.6 is 0 Å². The van der Waals surface area contributed by atoms with Gasteiger partial charge >= 0.3 is 0 Å². The standard InChI is InChI=1S/C22H28N4O3/c1-14(2)21(20-8-15(3)25-29-20)22(28)26-13-19(27)9-18(26)12-24-11-17-6-4-16(10-23)5-7-17/h4-8,14,18-19,21,24,27H,9,11-13H2,1-3H3. The summed E-state index contributed by atoms with van der Waals surface area (Å²) in [6.45, 7) is 7.37. The van der Waals surface area contributed by atoms with Crippen LogP contribution in [0.25, 0.3) is 0 Å². The summed E-state index contributed by atoms with van der Waals surface area (Å²) in [5, 5.41) is 26.4. The molecule has 2 N–H and O–H groups in total. The maximum absolute atomic E-state index is 13.3. The van der Waals surface area contributed by atoms with Crippen LogP contribution in [0.2, 0.25) is 0 Å². The monoisotopic (exact) mass is 396 g/mol. The highest BCUT2D eigenvalue weighted by atomic mass is 16.5. The van der Waals surface area contributed by atoms with Crippen molar-refractivity contribution in [3.63, 3.8) is 0 Å². The second-order valence-corrected chi connectivity index (χ2v) is 8.07. The molecule has 1 aliphatic rings. The highest BCUT2D eigenvalue weighted by molar-refractivity contribution is 5.84. The number of hydrogen-bond donors (Lipinski definition) is 2. The van der Waals surface area contributed by atoms with E-state index in [1.165, 1.54) is 0 Å². The number of likely N-dealkylation sites (tertiary alicyclic amines) is 1. The van der Waals surface area contributed by atoms with E-state index in [-0.39, 0.29) is 17.9 Å². The van der Waals surface area contributed by atoms with Gasteiger partial charge < -0.3 is 19.8 Å². The van der Waals surface area contributed by atoms with Crippen LogP contribution in [-0.2, 0) is 11.3 Å². The number of aryl methyl sites for hydroxylation is 1. The fourth-order valence-corrected chi connectivity index (χ4v) is 3.88. The van der Waals surface area contributed by atoms with Crippen LogP contribution in [0.5, 0.6) is 0 Å². The van der Waals surface area contributed by atoms with Gasteiger partial charge in [0, 0.05) is 31.7 Å². The quantitative estimate of drug-likeness (QED) is 0.745. The van der Waals surface area contributed by atoms with Gasteiger partial charge in [-0.3, -0.25) is 4.79 Å². The molecule has 0 spiro atoms. The maximum Gasteiger partial charge on any atom is 0.234 e. The molecular formula is C22H28N4O3.